The van der Waals surface area contributed by atoms with Crippen LogP contribution in [0.5, 0.6) is 0 Å². The van der Waals surface area contributed by atoms with Crippen molar-refractivity contribution in [3.8, 4) is 0 Å². The lowest BCUT2D eigenvalue weighted by atomic mass is 9.82. The molecule has 1 unspecified atom stereocenters. The minimum atomic E-state index is -0.675. The smallest absolute Gasteiger partial charge is 0.227 e. The highest BCUT2D eigenvalue weighted by atomic mass is 79.9. The molecule has 1 aliphatic heterocycles. The summed E-state index contributed by atoms with van der Waals surface area (Å²) in [5, 5.41) is 13.7. The van der Waals surface area contributed by atoms with Gasteiger partial charge in [0.2, 0.25) is 5.95 Å². The number of halogens is 1. The average molecular weight is 606 g/mol. The number of aryl methyl sites for hydroxylation is 3. The fourth-order valence-electron chi connectivity index (χ4n) is 6.46. The Hall–Kier alpha value is -2.61. The number of β-amino-alcohol motifs (C(OH)–C–C–N with tert-alkyl or cyclic N) is 1. The monoisotopic (exact) mass is 604 g/mol. The third-order valence-corrected chi connectivity index (χ3v) is 9.10. The van der Waals surface area contributed by atoms with Crippen molar-refractivity contribution >= 4 is 33.3 Å². The number of likely N-dealkylation sites (tertiary alicyclic amines) is 1. The van der Waals surface area contributed by atoms with Crippen LogP contribution in [0, 0.1) is 6.92 Å². The van der Waals surface area contributed by atoms with E-state index in [9.17, 15) is 9.90 Å². The average Bonchev–Trinajstić information content (AvgIpc) is 3.13. The molecular weight excluding hydrogens is 564 g/mol. The lowest BCUT2D eigenvalue weighted by Gasteiger charge is -2.36. The zero-order chi connectivity index (χ0) is 28.7. The number of piperidine rings is 1. The van der Waals surface area contributed by atoms with Gasteiger partial charge in [-0.15, -0.1) is 0 Å². The van der Waals surface area contributed by atoms with E-state index in [2.05, 4.69) is 74.5 Å². The molecule has 1 aromatic heterocycles. The standard InChI is InChI=1S/C33H41BrN4O2/c1-21-16-23(25-10-7-15-38(19-25)20-32(2,3)40)12-13-27(21)36-31-35-18-26(34)28(37-31)14-11-22-8-6-9-24-17-29(39)33(4,5)30(22)24/h6,8-9,12-13,16,18,25,40H,7,10-11,14-15,17,19-20H2,1-5H3,(H,35,36,37). The largest absolute Gasteiger partial charge is 0.389 e. The van der Waals surface area contributed by atoms with Crippen LogP contribution in [0.25, 0.3) is 0 Å². The zero-order valence-corrected chi connectivity index (χ0v) is 25.9. The number of hydrogen-bond acceptors (Lipinski definition) is 6. The predicted molar refractivity (Wildman–Crippen MR) is 164 cm³/mol. The number of rotatable bonds is 8. The summed E-state index contributed by atoms with van der Waals surface area (Å²) in [4.78, 5) is 24.4. The van der Waals surface area contributed by atoms with E-state index in [4.69, 9.17) is 4.98 Å². The topological polar surface area (TPSA) is 78.4 Å². The van der Waals surface area contributed by atoms with Crippen molar-refractivity contribution in [2.24, 2.45) is 0 Å². The summed E-state index contributed by atoms with van der Waals surface area (Å²) in [5.41, 5.74) is 6.93. The second kappa shape index (κ2) is 11.3. The molecule has 1 atom stereocenters. The molecule has 2 aromatic carbocycles. The van der Waals surface area contributed by atoms with E-state index in [1.165, 1.54) is 23.1 Å². The lowest BCUT2D eigenvalue weighted by Crippen LogP contribution is -2.43. The number of Topliss-reactive ketones (excluding diaryl/α,β-unsaturated/α-hetero) is 1. The van der Waals surface area contributed by atoms with Crippen molar-refractivity contribution in [1.29, 1.82) is 0 Å². The van der Waals surface area contributed by atoms with Crippen LogP contribution in [-0.4, -0.2) is 51.0 Å². The minimum Gasteiger partial charge on any atom is -0.389 e. The SMILES string of the molecule is Cc1cc(C2CCCN(CC(C)(C)O)C2)ccc1Nc1ncc(Br)c(CCc2cccc3c2C(C)(C)C(=O)C3)n1. The summed E-state index contributed by atoms with van der Waals surface area (Å²) in [7, 11) is 0. The van der Waals surface area contributed by atoms with Crippen molar-refractivity contribution in [1.82, 2.24) is 14.9 Å². The fraction of sp³-hybridized carbons (Fsp3) is 0.485. The summed E-state index contributed by atoms with van der Waals surface area (Å²) >= 11 is 3.65. The number of hydrogen-bond donors (Lipinski definition) is 2. The maximum Gasteiger partial charge on any atom is 0.227 e. The molecule has 0 bridgehead atoms. The molecule has 0 amide bonds. The van der Waals surface area contributed by atoms with Crippen molar-refractivity contribution in [3.63, 3.8) is 0 Å². The number of fused-ring (bicyclic) bond motifs is 1. The number of aromatic nitrogens is 2. The van der Waals surface area contributed by atoms with Crippen molar-refractivity contribution in [2.75, 3.05) is 25.0 Å². The fourth-order valence-corrected chi connectivity index (χ4v) is 6.85. The number of benzene rings is 2. The van der Waals surface area contributed by atoms with Gasteiger partial charge in [0, 0.05) is 36.8 Å². The Bertz CT molecular complexity index is 1410. The molecule has 40 heavy (non-hydrogen) atoms. The molecule has 2 N–H and O–H groups in total. The Kier molecular flexibility index (Phi) is 8.20. The molecule has 2 heterocycles. The number of aliphatic hydroxyl groups is 1. The molecule has 1 saturated heterocycles. The van der Waals surface area contributed by atoms with Crippen LogP contribution in [0.15, 0.2) is 47.1 Å². The highest BCUT2D eigenvalue weighted by Gasteiger charge is 2.39. The first-order chi connectivity index (χ1) is 18.9. The normalized spacial score (nSPS) is 19.1. The molecule has 1 fully saturated rings. The van der Waals surface area contributed by atoms with Gasteiger partial charge in [0.25, 0.3) is 0 Å². The second-order valence-corrected chi connectivity index (χ2v) is 13.6. The molecule has 5 rings (SSSR count). The summed E-state index contributed by atoms with van der Waals surface area (Å²) in [5.74, 6) is 1.34. The quantitative estimate of drug-likeness (QED) is 0.308. The second-order valence-electron chi connectivity index (χ2n) is 12.8. The lowest BCUT2D eigenvalue weighted by molar-refractivity contribution is -0.121. The Morgan fingerprint density at radius 1 is 1.20 bits per heavy atom. The highest BCUT2D eigenvalue weighted by Crippen LogP contribution is 2.38. The predicted octanol–water partition coefficient (Wildman–Crippen LogP) is 6.43. The van der Waals surface area contributed by atoms with Crippen LogP contribution in [0.1, 0.15) is 80.0 Å². The van der Waals surface area contributed by atoms with Crippen LogP contribution < -0.4 is 5.32 Å². The Morgan fingerprint density at radius 2 is 2.00 bits per heavy atom. The van der Waals surface area contributed by atoms with Crippen LogP contribution in [0.3, 0.4) is 0 Å². The number of ketones is 1. The van der Waals surface area contributed by atoms with Gasteiger partial charge < -0.3 is 10.4 Å². The van der Waals surface area contributed by atoms with Crippen LogP contribution in [-0.2, 0) is 29.5 Å². The molecule has 2 aliphatic rings. The highest BCUT2D eigenvalue weighted by molar-refractivity contribution is 9.10. The van der Waals surface area contributed by atoms with E-state index in [1.54, 1.807) is 0 Å². The Morgan fingerprint density at radius 3 is 2.75 bits per heavy atom. The maximum atomic E-state index is 12.6. The molecule has 0 saturated carbocycles. The molecule has 1 aliphatic carbocycles. The van der Waals surface area contributed by atoms with E-state index >= 15 is 0 Å². The minimum absolute atomic E-state index is 0.293. The molecule has 212 valence electrons. The molecule has 0 spiro atoms. The number of anilines is 2. The van der Waals surface area contributed by atoms with Crippen molar-refractivity contribution in [2.45, 2.75) is 83.7 Å². The first-order valence-electron chi connectivity index (χ1n) is 14.4. The van der Waals surface area contributed by atoms with E-state index < -0.39 is 11.0 Å². The number of carbonyl (C=O) groups is 1. The molecular formula is C33H41BrN4O2. The summed E-state index contributed by atoms with van der Waals surface area (Å²) in [6, 6.07) is 12.9. The third kappa shape index (κ3) is 6.32. The first kappa shape index (κ1) is 28.9. The van der Waals surface area contributed by atoms with E-state index in [1.807, 2.05) is 33.9 Å². The molecule has 0 radical (unpaired) electrons. The van der Waals surface area contributed by atoms with Gasteiger partial charge in [0.1, 0.15) is 5.78 Å². The van der Waals surface area contributed by atoms with Gasteiger partial charge in [-0.1, -0.05) is 30.3 Å². The molecule has 7 heteroatoms. The Labute approximate surface area is 246 Å². The van der Waals surface area contributed by atoms with Crippen LogP contribution in [0.4, 0.5) is 11.6 Å². The summed E-state index contributed by atoms with van der Waals surface area (Å²) < 4.78 is 0.890. The van der Waals surface area contributed by atoms with Crippen LogP contribution in [0.2, 0.25) is 0 Å². The van der Waals surface area contributed by atoms with E-state index in [0.29, 0.717) is 30.6 Å². The Balaban J connectivity index is 1.28. The third-order valence-electron chi connectivity index (χ3n) is 8.44. The van der Waals surface area contributed by atoms with Gasteiger partial charge in [-0.3, -0.25) is 9.69 Å². The zero-order valence-electron chi connectivity index (χ0n) is 24.4. The van der Waals surface area contributed by atoms with Crippen LogP contribution >= 0.6 is 15.9 Å². The number of nitrogens with zero attached hydrogens (tertiary/aromatic N) is 3. The van der Waals surface area contributed by atoms with Gasteiger partial charge in [0.15, 0.2) is 0 Å². The summed E-state index contributed by atoms with van der Waals surface area (Å²) in [6.45, 7) is 12.7. The first-order valence-corrected chi connectivity index (χ1v) is 15.2. The van der Waals surface area contributed by atoms with Gasteiger partial charge in [-0.05, 0) is 123 Å². The maximum absolute atomic E-state index is 12.6. The van der Waals surface area contributed by atoms with Crippen molar-refractivity contribution in [3.05, 3.63) is 80.6 Å². The van der Waals surface area contributed by atoms with Gasteiger partial charge >= 0.3 is 0 Å². The molecule has 3 aromatic rings. The van der Waals surface area contributed by atoms with Crippen molar-refractivity contribution < 1.29 is 9.90 Å². The summed E-state index contributed by atoms with van der Waals surface area (Å²) in [6.07, 6.45) is 6.22. The van der Waals surface area contributed by atoms with Gasteiger partial charge in [-0.2, -0.15) is 0 Å². The molecule has 6 nitrogen and oxygen atoms in total. The van der Waals surface area contributed by atoms with Gasteiger partial charge in [-0.25, -0.2) is 9.97 Å². The number of carbonyl (C=O) groups excluding carboxylic acids is 1. The van der Waals surface area contributed by atoms with E-state index in [-0.39, 0.29) is 0 Å². The van der Waals surface area contributed by atoms with Gasteiger partial charge in [0.05, 0.1) is 15.8 Å². The number of nitrogens with one attached hydrogen (secondary N) is 1. The van der Waals surface area contributed by atoms with E-state index in [0.717, 1.165) is 59.3 Å².